The Balaban J connectivity index is 0.00000180. The predicted molar refractivity (Wildman–Crippen MR) is 73.7 cm³/mol. The van der Waals surface area contributed by atoms with Gasteiger partial charge in [-0.3, -0.25) is 4.79 Å². The fourth-order valence-corrected chi connectivity index (χ4v) is 2.27. The molecule has 0 saturated carbocycles. The van der Waals surface area contributed by atoms with Gasteiger partial charge in [-0.2, -0.15) is 0 Å². The van der Waals surface area contributed by atoms with Gasteiger partial charge in [0.2, 0.25) is 5.91 Å². The summed E-state index contributed by atoms with van der Waals surface area (Å²) in [6.45, 7) is 2.55. The number of hydrogen-bond acceptors (Lipinski definition) is 3. The summed E-state index contributed by atoms with van der Waals surface area (Å²) in [7, 11) is 0. The highest BCUT2D eigenvalue weighted by Crippen LogP contribution is 2.20. The van der Waals surface area contributed by atoms with Crippen LogP contribution in [0.2, 0.25) is 0 Å². The maximum atomic E-state index is 12.9. The van der Waals surface area contributed by atoms with Gasteiger partial charge in [-0.15, -0.1) is 24.2 Å². The van der Waals surface area contributed by atoms with E-state index in [1.54, 1.807) is 0 Å². The summed E-state index contributed by atoms with van der Waals surface area (Å²) in [5.74, 6) is -1.12. The molecular weight excluding hydrogens is 294 g/mol. The van der Waals surface area contributed by atoms with Gasteiger partial charge < -0.3 is 10.6 Å². The Kier molecular flexibility index (Phi) is 6.54. The van der Waals surface area contributed by atoms with Crippen LogP contribution in [0.4, 0.5) is 8.78 Å². The molecule has 3 nitrogen and oxygen atoms in total. The number of hydrogen-bond donors (Lipinski definition) is 2. The van der Waals surface area contributed by atoms with Gasteiger partial charge >= 0.3 is 0 Å². The van der Waals surface area contributed by atoms with Crippen LogP contribution in [0, 0.1) is 17.6 Å². The van der Waals surface area contributed by atoms with Crippen molar-refractivity contribution in [3.8, 4) is 0 Å². The maximum Gasteiger partial charge on any atom is 0.230 e. The predicted octanol–water partition coefficient (Wildman–Crippen LogP) is 1.81. The molecule has 1 heterocycles. The fourth-order valence-electron chi connectivity index (χ4n) is 1.52. The topological polar surface area (TPSA) is 41.1 Å². The van der Waals surface area contributed by atoms with Crippen molar-refractivity contribution in [3.05, 3.63) is 29.8 Å². The minimum Gasteiger partial charge on any atom is -0.355 e. The minimum absolute atomic E-state index is 0. The van der Waals surface area contributed by atoms with Crippen LogP contribution in [-0.4, -0.2) is 31.3 Å². The van der Waals surface area contributed by atoms with Crippen LogP contribution in [0.1, 0.15) is 0 Å². The second-order valence-electron chi connectivity index (χ2n) is 4.19. The average molecular weight is 309 g/mol. The molecule has 0 unspecified atom stereocenters. The molecule has 2 N–H and O–H groups in total. The molecule has 0 bridgehead atoms. The van der Waals surface area contributed by atoms with E-state index in [2.05, 4.69) is 10.6 Å². The molecule has 7 heteroatoms. The number of carbonyl (C=O) groups excluding carboxylic acids is 1. The van der Waals surface area contributed by atoms with E-state index in [0.29, 0.717) is 17.4 Å². The molecule has 1 aromatic rings. The third kappa shape index (κ3) is 4.97. The summed E-state index contributed by atoms with van der Waals surface area (Å²) in [5.41, 5.74) is 0. The van der Waals surface area contributed by atoms with Gasteiger partial charge in [-0.25, -0.2) is 8.78 Å². The van der Waals surface area contributed by atoms with Gasteiger partial charge in [0.25, 0.3) is 0 Å². The van der Waals surface area contributed by atoms with Crippen molar-refractivity contribution in [2.24, 2.45) is 5.92 Å². The summed E-state index contributed by atoms with van der Waals surface area (Å²) in [6, 6.07) is 3.63. The third-order valence-corrected chi connectivity index (χ3v) is 3.71. The molecule has 0 spiro atoms. The first-order valence-corrected chi connectivity index (χ1v) is 6.69. The van der Waals surface area contributed by atoms with E-state index in [4.69, 9.17) is 0 Å². The van der Waals surface area contributed by atoms with Crippen molar-refractivity contribution in [2.75, 3.05) is 25.4 Å². The van der Waals surface area contributed by atoms with Crippen molar-refractivity contribution in [3.63, 3.8) is 0 Å². The molecule has 0 radical (unpaired) electrons. The molecule has 1 aliphatic heterocycles. The Labute approximate surface area is 120 Å². The minimum atomic E-state index is -0.888. The molecule has 1 aromatic carbocycles. The zero-order valence-corrected chi connectivity index (χ0v) is 11.8. The zero-order chi connectivity index (χ0) is 13.0. The molecule has 0 aromatic heterocycles. The Morgan fingerprint density at radius 2 is 2.11 bits per heavy atom. The molecule has 0 aliphatic carbocycles. The molecule has 1 aliphatic rings. The molecule has 19 heavy (non-hydrogen) atoms. The molecule has 106 valence electrons. The van der Waals surface area contributed by atoms with Crippen LogP contribution in [0.15, 0.2) is 23.1 Å². The average Bonchev–Trinajstić information content (AvgIpc) is 2.29. The number of thioether (sulfide) groups is 1. The molecular formula is C12H15ClF2N2OS. The van der Waals surface area contributed by atoms with E-state index in [-0.39, 0.29) is 24.1 Å². The highest BCUT2D eigenvalue weighted by molar-refractivity contribution is 8.00. The Morgan fingerprint density at radius 3 is 2.68 bits per heavy atom. The number of halogens is 3. The van der Waals surface area contributed by atoms with E-state index in [9.17, 15) is 13.6 Å². The summed E-state index contributed by atoms with van der Waals surface area (Å²) >= 11 is 1.19. The van der Waals surface area contributed by atoms with E-state index in [1.165, 1.54) is 17.8 Å². The molecule has 0 atom stereocenters. The lowest BCUT2D eigenvalue weighted by Gasteiger charge is -2.27. The summed E-state index contributed by atoms with van der Waals surface area (Å²) in [4.78, 5) is 12.0. The van der Waals surface area contributed by atoms with Crippen LogP contribution >= 0.6 is 24.2 Å². The first kappa shape index (κ1) is 16.2. The fraction of sp³-hybridized carbons (Fsp3) is 0.417. The van der Waals surface area contributed by atoms with Crippen molar-refractivity contribution >= 4 is 30.1 Å². The molecule has 1 fully saturated rings. The van der Waals surface area contributed by atoms with Crippen molar-refractivity contribution < 1.29 is 13.6 Å². The van der Waals surface area contributed by atoms with E-state index < -0.39 is 11.6 Å². The van der Waals surface area contributed by atoms with E-state index in [0.717, 1.165) is 25.2 Å². The Morgan fingerprint density at radius 1 is 1.37 bits per heavy atom. The van der Waals surface area contributed by atoms with Crippen molar-refractivity contribution in [1.29, 1.82) is 0 Å². The zero-order valence-electron chi connectivity index (χ0n) is 10.1. The standard InChI is InChI=1S/C12H14F2N2OS.ClH/c13-10-2-1-9(3-11(10)14)18-7-12(17)16-6-8-4-15-5-8;/h1-3,8,15H,4-7H2,(H,16,17);1H. The van der Waals surface area contributed by atoms with Crippen LogP contribution in [0.3, 0.4) is 0 Å². The normalized spacial score (nSPS) is 14.4. The molecule has 1 saturated heterocycles. The first-order chi connectivity index (χ1) is 8.65. The highest BCUT2D eigenvalue weighted by atomic mass is 35.5. The van der Waals surface area contributed by atoms with Gasteiger partial charge in [0.05, 0.1) is 5.75 Å². The van der Waals surface area contributed by atoms with Crippen molar-refractivity contribution in [2.45, 2.75) is 4.90 Å². The first-order valence-electron chi connectivity index (χ1n) is 5.70. The third-order valence-electron chi connectivity index (χ3n) is 2.71. The van der Waals surface area contributed by atoms with Crippen molar-refractivity contribution in [1.82, 2.24) is 10.6 Å². The number of carbonyl (C=O) groups is 1. The molecule has 2 rings (SSSR count). The molecule has 1 amide bonds. The summed E-state index contributed by atoms with van der Waals surface area (Å²) in [6.07, 6.45) is 0. The summed E-state index contributed by atoms with van der Waals surface area (Å²) < 4.78 is 25.6. The Bertz CT molecular complexity index is 444. The second-order valence-corrected chi connectivity index (χ2v) is 5.24. The number of benzene rings is 1. The van der Waals surface area contributed by atoms with Gasteiger partial charge in [0.1, 0.15) is 0 Å². The lowest BCUT2D eigenvalue weighted by Crippen LogP contribution is -2.48. The Hall–Kier alpha value is -0.850. The van der Waals surface area contributed by atoms with Crippen LogP contribution in [0.25, 0.3) is 0 Å². The SMILES string of the molecule is Cl.O=C(CSc1ccc(F)c(F)c1)NCC1CNC1. The second kappa shape index (κ2) is 7.67. The maximum absolute atomic E-state index is 12.9. The smallest absolute Gasteiger partial charge is 0.230 e. The summed E-state index contributed by atoms with van der Waals surface area (Å²) in [5, 5.41) is 5.93. The van der Waals surface area contributed by atoms with Gasteiger partial charge in [0.15, 0.2) is 11.6 Å². The highest BCUT2D eigenvalue weighted by Gasteiger charge is 2.17. The number of nitrogens with one attached hydrogen (secondary N) is 2. The lowest BCUT2D eigenvalue weighted by atomic mass is 10.0. The van der Waals surface area contributed by atoms with E-state index in [1.807, 2.05) is 0 Å². The van der Waals surface area contributed by atoms with Crippen LogP contribution < -0.4 is 10.6 Å². The van der Waals surface area contributed by atoms with Crippen LogP contribution in [0.5, 0.6) is 0 Å². The quantitative estimate of drug-likeness (QED) is 0.815. The monoisotopic (exact) mass is 308 g/mol. The van der Waals surface area contributed by atoms with Gasteiger partial charge in [0, 0.05) is 30.4 Å². The lowest BCUT2D eigenvalue weighted by molar-refractivity contribution is -0.118. The number of amides is 1. The van der Waals surface area contributed by atoms with Gasteiger partial charge in [-0.1, -0.05) is 0 Å². The van der Waals surface area contributed by atoms with Crippen LogP contribution in [-0.2, 0) is 4.79 Å². The van der Waals surface area contributed by atoms with E-state index >= 15 is 0 Å². The largest absolute Gasteiger partial charge is 0.355 e. The van der Waals surface area contributed by atoms with Gasteiger partial charge in [-0.05, 0) is 18.2 Å². The number of rotatable bonds is 5.